The number of ether oxygens (including phenoxy) is 1. The first-order valence-electron chi connectivity index (χ1n) is 5.78. The highest BCUT2D eigenvalue weighted by Gasteiger charge is 2.07. The van der Waals surface area contributed by atoms with Crippen LogP contribution in [0.4, 0.5) is 5.95 Å². The van der Waals surface area contributed by atoms with Gasteiger partial charge in [-0.25, -0.2) is 4.52 Å². The quantitative estimate of drug-likeness (QED) is 0.858. The average molecular weight is 234 g/mol. The molecule has 1 atom stereocenters. The van der Waals surface area contributed by atoms with Crippen LogP contribution in [0, 0.1) is 6.92 Å². The molecule has 0 saturated carbocycles. The van der Waals surface area contributed by atoms with Crippen molar-refractivity contribution in [3.63, 3.8) is 0 Å². The highest BCUT2D eigenvalue weighted by atomic mass is 16.5. The Bertz CT molecular complexity index is 494. The van der Waals surface area contributed by atoms with Crippen molar-refractivity contribution >= 4 is 11.6 Å². The molecule has 0 aliphatic rings. The molecule has 2 heterocycles. The van der Waals surface area contributed by atoms with Crippen molar-refractivity contribution in [2.24, 2.45) is 0 Å². The molecule has 0 aliphatic carbocycles. The standard InChI is InChI=1S/C12H18N4O/c1-9(7-8-17-3)13-12-14-11-6-4-5-10(2)16(11)15-12/h4-6,9H,7-8H2,1-3H3,(H,13,15). The third-order valence-corrected chi connectivity index (χ3v) is 2.68. The highest BCUT2D eigenvalue weighted by Crippen LogP contribution is 2.09. The lowest BCUT2D eigenvalue weighted by Crippen LogP contribution is -2.18. The predicted octanol–water partition coefficient (Wildman–Crippen LogP) is 1.87. The lowest BCUT2D eigenvalue weighted by atomic mass is 10.2. The fourth-order valence-corrected chi connectivity index (χ4v) is 1.68. The molecule has 2 rings (SSSR count). The van der Waals surface area contributed by atoms with E-state index >= 15 is 0 Å². The van der Waals surface area contributed by atoms with Gasteiger partial charge in [0.25, 0.3) is 0 Å². The van der Waals surface area contributed by atoms with Gasteiger partial charge >= 0.3 is 0 Å². The zero-order valence-corrected chi connectivity index (χ0v) is 10.5. The number of anilines is 1. The molecule has 1 unspecified atom stereocenters. The Kier molecular flexibility index (Phi) is 3.58. The first-order valence-corrected chi connectivity index (χ1v) is 5.78. The van der Waals surface area contributed by atoms with Crippen LogP contribution in [0.25, 0.3) is 5.65 Å². The van der Waals surface area contributed by atoms with E-state index in [-0.39, 0.29) is 0 Å². The van der Waals surface area contributed by atoms with Crippen molar-refractivity contribution in [1.82, 2.24) is 14.6 Å². The Labute approximate surface area is 101 Å². The van der Waals surface area contributed by atoms with Crippen LogP contribution in [-0.2, 0) is 4.74 Å². The molecule has 0 bridgehead atoms. The van der Waals surface area contributed by atoms with Crippen LogP contribution in [-0.4, -0.2) is 34.4 Å². The van der Waals surface area contributed by atoms with Gasteiger partial charge in [0.05, 0.1) is 0 Å². The van der Waals surface area contributed by atoms with Crippen molar-refractivity contribution < 1.29 is 4.74 Å². The number of aryl methyl sites for hydroxylation is 1. The van der Waals surface area contributed by atoms with Crippen LogP contribution in [0.15, 0.2) is 18.2 Å². The van der Waals surface area contributed by atoms with Gasteiger partial charge in [-0.3, -0.25) is 0 Å². The Balaban J connectivity index is 2.11. The summed E-state index contributed by atoms with van der Waals surface area (Å²) in [6.07, 6.45) is 0.936. The topological polar surface area (TPSA) is 51.5 Å². The maximum atomic E-state index is 5.04. The molecule has 0 amide bonds. The molecule has 0 aromatic carbocycles. The van der Waals surface area contributed by atoms with Crippen molar-refractivity contribution in [3.8, 4) is 0 Å². The van der Waals surface area contributed by atoms with Gasteiger partial charge in [-0.05, 0) is 32.4 Å². The summed E-state index contributed by atoms with van der Waals surface area (Å²) in [4.78, 5) is 4.42. The summed E-state index contributed by atoms with van der Waals surface area (Å²) in [7, 11) is 1.71. The number of hydrogen-bond donors (Lipinski definition) is 1. The molecule has 0 spiro atoms. The summed E-state index contributed by atoms with van der Waals surface area (Å²) >= 11 is 0. The van der Waals surface area contributed by atoms with E-state index in [0.717, 1.165) is 24.4 Å². The molecule has 17 heavy (non-hydrogen) atoms. The van der Waals surface area contributed by atoms with Crippen LogP contribution in [0.2, 0.25) is 0 Å². The molecular formula is C12H18N4O. The maximum absolute atomic E-state index is 5.04. The number of pyridine rings is 1. The van der Waals surface area contributed by atoms with E-state index in [0.29, 0.717) is 12.0 Å². The maximum Gasteiger partial charge on any atom is 0.243 e. The largest absolute Gasteiger partial charge is 0.385 e. The van der Waals surface area contributed by atoms with Crippen LogP contribution in [0.1, 0.15) is 19.0 Å². The minimum Gasteiger partial charge on any atom is -0.385 e. The van der Waals surface area contributed by atoms with Crippen LogP contribution in [0.5, 0.6) is 0 Å². The fraction of sp³-hybridized carbons (Fsp3) is 0.500. The number of aromatic nitrogens is 3. The lowest BCUT2D eigenvalue weighted by molar-refractivity contribution is 0.191. The minimum absolute atomic E-state index is 0.299. The van der Waals surface area contributed by atoms with Crippen molar-refractivity contribution in [2.75, 3.05) is 19.0 Å². The summed E-state index contributed by atoms with van der Waals surface area (Å²) in [6, 6.07) is 6.25. The van der Waals surface area contributed by atoms with E-state index in [1.54, 1.807) is 7.11 Å². The van der Waals surface area contributed by atoms with E-state index in [1.807, 2.05) is 29.6 Å². The van der Waals surface area contributed by atoms with Gasteiger partial charge in [0.2, 0.25) is 5.95 Å². The van der Waals surface area contributed by atoms with Crippen LogP contribution >= 0.6 is 0 Å². The second-order valence-electron chi connectivity index (χ2n) is 4.20. The number of rotatable bonds is 5. The first-order chi connectivity index (χ1) is 8.20. The number of fused-ring (bicyclic) bond motifs is 1. The average Bonchev–Trinajstić information content (AvgIpc) is 2.70. The summed E-state index contributed by atoms with van der Waals surface area (Å²) in [5.74, 6) is 0.669. The molecule has 5 nitrogen and oxygen atoms in total. The fourth-order valence-electron chi connectivity index (χ4n) is 1.68. The van der Waals surface area contributed by atoms with Gasteiger partial charge in [-0.1, -0.05) is 6.07 Å². The minimum atomic E-state index is 0.299. The van der Waals surface area contributed by atoms with Gasteiger partial charge in [0.15, 0.2) is 5.65 Å². The van der Waals surface area contributed by atoms with Crippen molar-refractivity contribution in [3.05, 3.63) is 23.9 Å². The summed E-state index contributed by atoms with van der Waals surface area (Å²) in [6.45, 7) is 4.85. The van der Waals surface area contributed by atoms with Gasteiger partial charge < -0.3 is 10.1 Å². The molecule has 0 fully saturated rings. The zero-order valence-electron chi connectivity index (χ0n) is 10.5. The van der Waals surface area contributed by atoms with E-state index in [1.165, 1.54) is 0 Å². The van der Waals surface area contributed by atoms with E-state index in [9.17, 15) is 0 Å². The molecule has 2 aromatic rings. The highest BCUT2D eigenvalue weighted by molar-refractivity contribution is 5.44. The number of hydrogen-bond acceptors (Lipinski definition) is 4. The zero-order chi connectivity index (χ0) is 12.3. The summed E-state index contributed by atoms with van der Waals surface area (Å²) < 4.78 is 6.88. The van der Waals surface area contributed by atoms with Gasteiger partial charge in [-0.2, -0.15) is 4.98 Å². The second kappa shape index (κ2) is 5.14. The molecule has 0 aliphatic heterocycles. The van der Waals surface area contributed by atoms with Gasteiger partial charge in [0, 0.05) is 25.5 Å². The number of nitrogens with zero attached hydrogens (tertiary/aromatic N) is 3. The normalized spacial score (nSPS) is 12.9. The Morgan fingerprint density at radius 3 is 3.00 bits per heavy atom. The van der Waals surface area contributed by atoms with Crippen molar-refractivity contribution in [2.45, 2.75) is 26.3 Å². The molecular weight excluding hydrogens is 216 g/mol. The van der Waals surface area contributed by atoms with Gasteiger partial charge in [-0.15, -0.1) is 5.10 Å². The van der Waals surface area contributed by atoms with E-state index < -0.39 is 0 Å². The Morgan fingerprint density at radius 1 is 1.47 bits per heavy atom. The first kappa shape index (κ1) is 11.9. The van der Waals surface area contributed by atoms with E-state index in [2.05, 4.69) is 22.3 Å². The molecule has 92 valence electrons. The molecule has 1 N–H and O–H groups in total. The Morgan fingerprint density at radius 2 is 2.29 bits per heavy atom. The monoisotopic (exact) mass is 234 g/mol. The SMILES string of the molecule is COCCC(C)Nc1nc2cccc(C)n2n1. The second-order valence-corrected chi connectivity index (χ2v) is 4.20. The van der Waals surface area contributed by atoms with E-state index in [4.69, 9.17) is 4.74 Å². The van der Waals surface area contributed by atoms with Crippen LogP contribution < -0.4 is 5.32 Å². The number of methoxy groups -OCH3 is 1. The molecule has 0 radical (unpaired) electrons. The molecule has 2 aromatic heterocycles. The van der Waals surface area contributed by atoms with Crippen LogP contribution in [0.3, 0.4) is 0 Å². The van der Waals surface area contributed by atoms with Crippen molar-refractivity contribution in [1.29, 1.82) is 0 Å². The third kappa shape index (κ3) is 2.74. The summed E-state index contributed by atoms with van der Waals surface area (Å²) in [5.41, 5.74) is 1.94. The molecule has 0 saturated heterocycles. The Hall–Kier alpha value is -1.62. The smallest absolute Gasteiger partial charge is 0.243 e. The predicted molar refractivity (Wildman–Crippen MR) is 67.3 cm³/mol. The lowest BCUT2D eigenvalue weighted by Gasteiger charge is -2.10. The third-order valence-electron chi connectivity index (χ3n) is 2.68. The molecule has 5 heteroatoms. The summed E-state index contributed by atoms with van der Waals surface area (Å²) in [5, 5.41) is 7.68. The number of nitrogens with one attached hydrogen (secondary N) is 1. The van der Waals surface area contributed by atoms with Gasteiger partial charge in [0.1, 0.15) is 0 Å².